The predicted octanol–water partition coefficient (Wildman–Crippen LogP) is 4.90. The minimum atomic E-state index is -0.797. The van der Waals surface area contributed by atoms with Crippen LogP contribution < -0.4 is 24.4 Å². The summed E-state index contributed by atoms with van der Waals surface area (Å²) in [6, 6.07) is 11.8. The Morgan fingerprint density at radius 3 is 2.74 bits per heavy atom. The first-order valence-corrected chi connectivity index (χ1v) is 14.1. The van der Waals surface area contributed by atoms with Crippen molar-refractivity contribution >= 4 is 50.9 Å². The van der Waals surface area contributed by atoms with Crippen LogP contribution in [0.2, 0.25) is 5.02 Å². The van der Waals surface area contributed by atoms with Crippen LogP contribution in [0.25, 0.3) is 6.08 Å². The molecular formula is C28H25BrClN3O5S. The van der Waals surface area contributed by atoms with Gasteiger partial charge in [-0.2, -0.15) is 5.26 Å². The summed E-state index contributed by atoms with van der Waals surface area (Å²) in [5.41, 5.74) is 1.72. The van der Waals surface area contributed by atoms with Crippen molar-refractivity contribution in [3.63, 3.8) is 0 Å². The van der Waals surface area contributed by atoms with E-state index in [9.17, 15) is 9.59 Å². The molecule has 2 aromatic carbocycles. The van der Waals surface area contributed by atoms with Crippen LogP contribution >= 0.6 is 38.9 Å². The topological polar surface area (TPSA) is 103 Å². The van der Waals surface area contributed by atoms with Crippen LogP contribution in [-0.2, 0) is 9.53 Å². The minimum Gasteiger partial charge on any atom is -0.491 e. The number of aromatic nitrogens is 1. The smallest absolute Gasteiger partial charge is 0.338 e. The Morgan fingerprint density at radius 1 is 1.33 bits per heavy atom. The minimum absolute atomic E-state index is 0.124. The normalized spacial score (nSPS) is 15.0. The number of carbonyl (C=O) groups excluding carboxylic acids is 1. The standard InChI is InChI=1S/C28H25BrClN3O5S/c1-5-36-27(35)23-16(4)32-28-33(24(23)18-8-6-7-9-21(18)38-15(2)3)26(34)22(39-28)14-17-12-19(29)25(20(30)13-17)37-11-10-31/h6-9,12-15,24H,5,11H2,1-4H3/b22-14+/t24-/m1/s1. The number of hydrogen-bond donors (Lipinski definition) is 0. The molecule has 0 N–H and O–H groups in total. The molecule has 0 aliphatic carbocycles. The van der Waals surface area contributed by atoms with E-state index in [1.54, 1.807) is 32.1 Å². The van der Waals surface area contributed by atoms with E-state index in [1.807, 2.05) is 44.2 Å². The number of carbonyl (C=O) groups is 1. The molecule has 1 atom stereocenters. The van der Waals surface area contributed by atoms with Crippen molar-refractivity contribution in [1.82, 2.24) is 4.57 Å². The Balaban J connectivity index is 1.93. The molecule has 0 saturated heterocycles. The van der Waals surface area contributed by atoms with Gasteiger partial charge >= 0.3 is 5.97 Å². The Bertz CT molecular complexity index is 1660. The van der Waals surface area contributed by atoms with E-state index in [0.29, 0.717) is 42.1 Å². The second kappa shape index (κ2) is 12.2. The summed E-state index contributed by atoms with van der Waals surface area (Å²) in [5.74, 6) is 0.363. The van der Waals surface area contributed by atoms with Crippen LogP contribution in [0.3, 0.4) is 0 Å². The monoisotopic (exact) mass is 629 g/mol. The average molecular weight is 631 g/mol. The van der Waals surface area contributed by atoms with Crippen molar-refractivity contribution in [1.29, 1.82) is 5.26 Å². The van der Waals surface area contributed by atoms with E-state index in [4.69, 9.17) is 31.1 Å². The summed E-state index contributed by atoms with van der Waals surface area (Å²) in [7, 11) is 0. The first-order chi connectivity index (χ1) is 18.7. The Kier molecular flexibility index (Phi) is 8.95. The van der Waals surface area contributed by atoms with Crippen LogP contribution in [-0.4, -0.2) is 29.9 Å². The van der Waals surface area contributed by atoms with Crippen LogP contribution in [0.5, 0.6) is 11.5 Å². The third kappa shape index (κ3) is 5.96. The Labute approximate surface area is 242 Å². The van der Waals surface area contributed by atoms with E-state index in [2.05, 4.69) is 20.9 Å². The quantitative estimate of drug-likeness (QED) is 0.328. The van der Waals surface area contributed by atoms with E-state index < -0.39 is 12.0 Å². The predicted molar refractivity (Wildman–Crippen MR) is 153 cm³/mol. The summed E-state index contributed by atoms with van der Waals surface area (Å²) in [4.78, 5) is 32.1. The van der Waals surface area contributed by atoms with Crippen molar-refractivity contribution in [3.8, 4) is 17.6 Å². The summed E-state index contributed by atoms with van der Waals surface area (Å²) in [5, 5.41) is 9.10. The molecule has 39 heavy (non-hydrogen) atoms. The van der Waals surface area contributed by atoms with Crippen molar-refractivity contribution < 1.29 is 19.0 Å². The van der Waals surface area contributed by atoms with Gasteiger partial charge in [0.15, 0.2) is 17.2 Å². The highest BCUT2D eigenvalue weighted by molar-refractivity contribution is 9.10. The SMILES string of the molecule is CCOC(=O)C1=C(C)N=c2s/c(=C/c3cc(Cl)c(OCC#N)c(Br)c3)c(=O)n2[C@@H]1c1ccccc1OC(C)C. The van der Waals surface area contributed by atoms with Gasteiger partial charge < -0.3 is 14.2 Å². The lowest BCUT2D eigenvalue weighted by Gasteiger charge is -2.26. The van der Waals surface area contributed by atoms with Crippen LogP contribution in [0.4, 0.5) is 0 Å². The Hall–Kier alpha value is -3.39. The van der Waals surface area contributed by atoms with Crippen molar-refractivity contribution in [2.24, 2.45) is 4.99 Å². The summed E-state index contributed by atoms with van der Waals surface area (Å²) in [6.45, 7) is 7.32. The lowest BCUT2D eigenvalue weighted by Crippen LogP contribution is -2.40. The summed E-state index contributed by atoms with van der Waals surface area (Å²) in [6.07, 6.45) is 1.58. The van der Waals surface area contributed by atoms with Crippen molar-refractivity contribution in [2.45, 2.75) is 39.8 Å². The molecule has 0 spiro atoms. The number of rotatable bonds is 8. The van der Waals surface area contributed by atoms with Gasteiger partial charge in [-0.05, 0) is 73.5 Å². The number of hydrogen-bond acceptors (Lipinski definition) is 8. The van der Waals surface area contributed by atoms with Gasteiger partial charge in [0.1, 0.15) is 17.9 Å². The van der Waals surface area contributed by atoms with E-state index in [0.717, 1.165) is 0 Å². The van der Waals surface area contributed by atoms with E-state index >= 15 is 0 Å². The number of para-hydroxylation sites is 1. The van der Waals surface area contributed by atoms with Crippen LogP contribution in [0.15, 0.2) is 61.9 Å². The fourth-order valence-electron chi connectivity index (χ4n) is 4.21. The van der Waals surface area contributed by atoms with Gasteiger partial charge in [-0.25, -0.2) is 9.79 Å². The summed E-state index contributed by atoms with van der Waals surface area (Å²) >= 11 is 11.0. The molecule has 3 aromatic rings. The maximum atomic E-state index is 13.9. The number of fused-ring (bicyclic) bond motifs is 1. The zero-order valence-electron chi connectivity index (χ0n) is 21.7. The molecule has 4 rings (SSSR count). The lowest BCUT2D eigenvalue weighted by atomic mass is 9.95. The molecule has 11 heteroatoms. The van der Waals surface area contributed by atoms with Crippen molar-refractivity contribution in [2.75, 3.05) is 13.2 Å². The van der Waals surface area contributed by atoms with Gasteiger partial charge in [-0.3, -0.25) is 9.36 Å². The maximum Gasteiger partial charge on any atom is 0.338 e. The third-order valence-electron chi connectivity index (χ3n) is 5.69. The number of ether oxygens (including phenoxy) is 3. The van der Waals surface area contributed by atoms with Gasteiger partial charge in [0.25, 0.3) is 5.56 Å². The molecule has 0 saturated carbocycles. The van der Waals surface area contributed by atoms with Gasteiger partial charge in [0.2, 0.25) is 0 Å². The second-order valence-electron chi connectivity index (χ2n) is 8.77. The second-order valence-corrected chi connectivity index (χ2v) is 11.0. The first kappa shape index (κ1) is 28.6. The highest BCUT2D eigenvalue weighted by Gasteiger charge is 2.35. The Morgan fingerprint density at radius 2 is 2.08 bits per heavy atom. The van der Waals surface area contributed by atoms with Crippen molar-refractivity contribution in [3.05, 3.63) is 88.0 Å². The zero-order valence-corrected chi connectivity index (χ0v) is 24.8. The highest BCUT2D eigenvalue weighted by atomic mass is 79.9. The molecule has 1 aliphatic heterocycles. The van der Waals surface area contributed by atoms with Gasteiger partial charge in [-0.15, -0.1) is 0 Å². The number of nitrogens with zero attached hydrogens (tertiary/aromatic N) is 3. The molecule has 0 amide bonds. The molecule has 8 nitrogen and oxygen atoms in total. The highest BCUT2D eigenvalue weighted by Crippen LogP contribution is 2.37. The number of nitriles is 1. The number of benzene rings is 2. The molecule has 202 valence electrons. The molecule has 1 aromatic heterocycles. The van der Waals surface area contributed by atoms with Gasteiger partial charge in [0, 0.05) is 5.56 Å². The zero-order chi connectivity index (χ0) is 28.3. The van der Waals surface area contributed by atoms with E-state index in [1.165, 1.54) is 15.9 Å². The number of halogens is 2. The molecule has 1 aliphatic rings. The van der Waals surface area contributed by atoms with Gasteiger partial charge in [-0.1, -0.05) is 41.1 Å². The molecule has 0 fully saturated rings. The third-order valence-corrected chi connectivity index (χ3v) is 7.55. The molecular weight excluding hydrogens is 606 g/mol. The fourth-order valence-corrected chi connectivity index (χ4v) is 6.25. The molecule has 0 unspecified atom stereocenters. The molecule has 0 radical (unpaired) electrons. The molecule has 0 bridgehead atoms. The average Bonchev–Trinajstić information content (AvgIpc) is 3.17. The maximum absolute atomic E-state index is 13.9. The summed E-state index contributed by atoms with van der Waals surface area (Å²) < 4.78 is 19.3. The number of thiazole rings is 1. The van der Waals surface area contributed by atoms with Crippen LogP contribution in [0.1, 0.15) is 44.9 Å². The molecule has 2 heterocycles. The van der Waals surface area contributed by atoms with E-state index in [-0.39, 0.29) is 35.5 Å². The van der Waals surface area contributed by atoms with Crippen LogP contribution in [0, 0.1) is 11.3 Å². The number of esters is 1. The lowest BCUT2D eigenvalue weighted by molar-refractivity contribution is -0.139. The van der Waals surface area contributed by atoms with Gasteiger partial charge in [0.05, 0.1) is 38.0 Å². The number of allylic oxidation sites excluding steroid dienone is 1. The largest absolute Gasteiger partial charge is 0.491 e. The first-order valence-electron chi connectivity index (χ1n) is 12.1. The fraction of sp³-hybridized carbons (Fsp3) is 0.286.